The van der Waals surface area contributed by atoms with Crippen LogP contribution >= 0.6 is 0 Å². The van der Waals surface area contributed by atoms with E-state index < -0.39 is 20.1 Å². The first-order chi connectivity index (χ1) is 11.3. The zero-order chi connectivity index (χ0) is 17.9. The van der Waals surface area contributed by atoms with Gasteiger partial charge in [0.1, 0.15) is 0 Å². The van der Waals surface area contributed by atoms with E-state index in [1.807, 2.05) is 0 Å². The van der Waals surface area contributed by atoms with E-state index in [2.05, 4.69) is 9.19 Å². The summed E-state index contributed by atoms with van der Waals surface area (Å²) in [6, 6.07) is 10.4. The van der Waals surface area contributed by atoms with Gasteiger partial charge >= 0.3 is 142 Å². The predicted octanol–water partition coefficient (Wildman–Crippen LogP) is 1.14. The maximum atomic E-state index is 12.4. The van der Waals surface area contributed by atoms with Crippen LogP contribution in [-0.4, -0.2) is 29.4 Å². The molecule has 0 saturated carbocycles. The SMILES string of the molecule is CC(=O)Nc1cc(C)cc(-c2ccc(CN)cc2)c1[As](=O)(O)OO. The molecule has 7 nitrogen and oxygen atoms in total. The Morgan fingerprint density at radius 2 is 1.92 bits per heavy atom. The summed E-state index contributed by atoms with van der Waals surface area (Å²) < 4.78 is 26.3. The Hall–Kier alpha value is -1.89. The summed E-state index contributed by atoms with van der Waals surface area (Å²) in [5.74, 6) is -0.403. The zero-order valence-corrected chi connectivity index (χ0v) is 15.2. The zero-order valence-electron chi connectivity index (χ0n) is 13.3. The van der Waals surface area contributed by atoms with Gasteiger partial charge in [-0.3, -0.25) is 0 Å². The number of hydrogen-bond donors (Lipinski definition) is 4. The van der Waals surface area contributed by atoms with Crippen molar-refractivity contribution in [1.29, 1.82) is 0 Å². The van der Waals surface area contributed by atoms with Crippen LogP contribution in [0.4, 0.5) is 5.69 Å². The first-order valence-corrected chi connectivity index (χ1v) is 10.5. The van der Waals surface area contributed by atoms with Crippen molar-refractivity contribution in [3.8, 4) is 11.1 Å². The number of nitrogens with one attached hydrogen (secondary N) is 1. The molecule has 0 fully saturated rings. The van der Waals surface area contributed by atoms with Crippen LogP contribution in [0, 0.1) is 6.92 Å². The standard InChI is InChI=1S/C16H19AsN2O5/c1-10-7-14(13-5-3-12(9-18)4-6-13)16(17(21,22)24-23)15(8-10)19-11(2)20/h3-8,23H,9,18H2,1-2H3,(H,19,20)(H,21,22). The minimum absolute atomic E-state index is 0.114. The van der Waals surface area contributed by atoms with E-state index in [1.54, 1.807) is 43.3 Å². The fourth-order valence-corrected chi connectivity index (χ4v) is 4.56. The number of nitrogens with two attached hydrogens (primary N) is 1. The molecule has 0 aliphatic rings. The van der Waals surface area contributed by atoms with Gasteiger partial charge in [0.05, 0.1) is 0 Å². The molecule has 0 spiro atoms. The minimum atomic E-state index is -5.26. The normalized spacial score (nSPS) is 13.4. The number of anilines is 1. The van der Waals surface area contributed by atoms with E-state index in [0.717, 1.165) is 11.1 Å². The quantitative estimate of drug-likeness (QED) is 0.343. The van der Waals surface area contributed by atoms with Crippen molar-refractivity contribution in [3.05, 3.63) is 47.5 Å². The van der Waals surface area contributed by atoms with E-state index in [0.29, 0.717) is 17.7 Å². The Kier molecular flexibility index (Phi) is 5.64. The molecule has 0 aliphatic heterocycles. The average molecular weight is 394 g/mol. The molecular weight excluding hydrogens is 375 g/mol. The van der Waals surface area contributed by atoms with Crippen LogP contribution in [0.1, 0.15) is 18.1 Å². The average Bonchev–Trinajstić information content (AvgIpc) is 2.53. The Bertz CT molecular complexity index is 805. The molecule has 8 heteroatoms. The first-order valence-electron chi connectivity index (χ1n) is 7.16. The summed E-state index contributed by atoms with van der Waals surface area (Å²) in [7, 11) is 0. The number of aryl methyl sites for hydroxylation is 1. The molecule has 1 unspecified atom stereocenters. The fraction of sp³-hybridized carbons (Fsp3) is 0.188. The molecule has 0 heterocycles. The van der Waals surface area contributed by atoms with E-state index in [1.165, 1.54) is 6.92 Å². The van der Waals surface area contributed by atoms with E-state index in [-0.39, 0.29) is 10.0 Å². The number of benzene rings is 2. The molecule has 0 aromatic heterocycles. The molecule has 0 bridgehead atoms. The van der Waals surface area contributed by atoms with Crippen LogP contribution in [0.2, 0.25) is 0 Å². The molecule has 24 heavy (non-hydrogen) atoms. The molecular formula is C16H19AsN2O5. The van der Waals surface area contributed by atoms with Crippen LogP contribution in [0.3, 0.4) is 0 Å². The number of rotatable bonds is 5. The second-order valence-corrected chi connectivity index (χ2v) is 8.86. The fourth-order valence-electron chi connectivity index (χ4n) is 2.45. The third-order valence-corrected chi connectivity index (χ3v) is 6.12. The van der Waals surface area contributed by atoms with Crippen molar-refractivity contribution in [3.63, 3.8) is 0 Å². The van der Waals surface area contributed by atoms with Gasteiger partial charge in [0.2, 0.25) is 0 Å². The second-order valence-electron chi connectivity index (χ2n) is 5.39. The molecule has 5 N–H and O–H groups in total. The van der Waals surface area contributed by atoms with Crippen LogP contribution in [-0.2, 0) is 19.0 Å². The summed E-state index contributed by atoms with van der Waals surface area (Å²) in [5, 5.41) is 11.4. The van der Waals surface area contributed by atoms with Gasteiger partial charge in [0.15, 0.2) is 0 Å². The van der Waals surface area contributed by atoms with Crippen LogP contribution in [0.5, 0.6) is 0 Å². The van der Waals surface area contributed by atoms with Gasteiger partial charge in [0, 0.05) is 0 Å². The monoisotopic (exact) mass is 394 g/mol. The van der Waals surface area contributed by atoms with Crippen molar-refractivity contribution < 1.29 is 21.8 Å². The van der Waals surface area contributed by atoms with Gasteiger partial charge in [0.25, 0.3) is 0 Å². The molecule has 2 aromatic rings. The van der Waals surface area contributed by atoms with E-state index in [4.69, 9.17) is 11.0 Å². The number of hydrogen-bond acceptors (Lipinski definition) is 5. The summed E-state index contributed by atoms with van der Waals surface area (Å²) in [5.41, 5.74) is 8.45. The molecule has 1 amide bonds. The summed E-state index contributed by atoms with van der Waals surface area (Å²) in [4.78, 5) is 11.4. The Morgan fingerprint density at radius 3 is 2.42 bits per heavy atom. The third kappa shape index (κ3) is 3.95. The van der Waals surface area contributed by atoms with Crippen LogP contribution < -0.4 is 15.4 Å². The first kappa shape index (κ1) is 18.4. The third-order valence-electron chi connectivity index (χ3n) is 3.46. The predicted molar refractivity (Wildman–Crippen MR) is 90.8 cm³/mol. The van der Waals surface area contributed by atoms with Gasteiger partial charge in [-0.05, 0) is 0 Å². The van der Waals surface area contributed by atoms with Gasteiger partial charge in [-0.15, -0.1) is 0 Å². The van der Waals surface area contributed by atoms with E-state index in [9.17, 15) is 12.6 Å². The van der Waals surface area contributed by atoms with Crippen LogP contribution in [0.25, 0.3) is 11.1 Å². The second kappa shape index (κ2) is 7.34. The van der Waals surface area contributed by atoms with Crippen molar-refractivity contribution in [1.82, 2.24) is 0 Å². The molecule has 1 atom stereocenters. The molecule has 0 radical (unpaired) electrons. The number of carbonyl (C=O) groups excluding carboxylic acids is 1. The van der Waals surface area contributed by atoms with Crippen molar-refractivity contribution >= 4 is 30.1 Å². The summed E-state index contributed by atoms with van der Waals surface area (Å²) >= 11 is -5.26. The Balaban J connectivity index is 2.74. The molecule has 0 aliphatic carbocycles. The maximum absolute atomic E-state index is 12.4. The van der Waals surface area contributed by atoms with Gasteiger partial charge in [-0.25, -0.2) is 0 Å². The summed E-state index contributed by atoms with van der Waals surface area (Å²) in [6.07, 6.45) is 0. The van der Waals surface area contributed by atoms with Gasteiger partial charge < -0.3 is 0 Å². The van der Waals surface area contributed by atoms with Gasteiger partial charge in [-0.1, -0.05) is 0 Å². The topological polar surface area (TPSA) is 122 Å². The molecule has 128 valence electrons. The molecule has 0 saturated heterocycles. The Labute approximate surface area is 142 Å². The molecule has 2 aromatic carbocycles. The van der Waals surface area contributed by atoms with Crippen LogP contribution in [0.15, 0.2) is 36.4 Å². The summed E-state index contributed by atoms with van der Waals surface area (Å²) in [6.45, 7) is 3.46. The van der Waals surface area contributed by atoms with Crippen molar-refractivity contribution in [2.24, 2.45) is 5.73 Å². The number of amides is 1. The van der Waals surface area contributed by atoms with Gasteiger partial charge in [-0.2, -0.15) is 0 Å². The number of carbonyl (C=O) groups is 1. The van der Waals surface area contributed by atoms with E-state index >= 15 is 0 Å². The Morgan fingerprint density at radius 1 is 1.29 bits per heavy atom. The van der Waals surface area contributed by atoms with Crippen molar-refractivity contribution in [2.75, 3.05) is 5.32 Å². The molecule has 2 rings (SSSR count). The van der Waals surface area contributed by atoms with Crippen molar-refractivity contribution in [2.45, 2.75) is 20.4 Å².